The maximum absolute atomic E-state index is 12.5. The second kappa shape index (κ2) is 9.21. The second-order valence-corrected chi connectivity index (χ2v) is 7.19. The van der Waals surface area contributed by atoms with E-state index in [1.807, 2.05) is 19.1 Å². The normalized spacial score (nSPS) is 17.7. The van der Waals surface area contributed by atoms with Crippen LogP contribution in [0.25, 0.3) is 0 Å². The average molecular weight is 422 g/mol. The molecule has 1 aliphatic heterocycles. The maximum atomic E-state index is 12.5. The smallest absolute Gasteiger partial charge is 0.337 e. The number of halogens is 3. The highest BCUT2D eigenvalue weighted by Crippen LogP contribution is 2.27. The Morgan fingerprint density at radius 2 is 2.17 bits per heavy atom. The first-order chi connectivity index (χ1) is 14.3. The molecule has 0 N–H and O–H groups in total. The Labute approximate surface area is 171 Å². The molecule has 1 amide bonds. The number of amides is 1. The van der Waals surface area contributed by atoms with Crippen LogP contribution in [-0.4, -0.2) is 56.5 Å². The standard InChI is InChI=1S/C19H21F3N6O2/c1-13-11-27(12-15-6-5-14(9-23)10-24-15)7-8-28(13)17(29)4-2-3-16-25-18(30-26-16)19(20,21)22/h5-6,10,13H,2-4,7-8,11-12H2,1H3. The third-order valence-corrected chi connectivity index (χ3v) is 4.87. The van der Waals surface area contributed by atoms with Crippen LogP contribution < -0.4 is 0 Å². The Bertz CT molecular complexity index is 906. The first kappa shape index (κ1) is 21.7. The van der Waals surface area contributed by atoms with E-state index in [1.54, 1.807) is 17.2 Å². The first-order valence-electron chi connectivity index (χ1n) is 9.53. The first-order valence-corrected chi connectivity index (χ1v) is 9.53. The summed E-state index contributed by atoms with van der Waals surface area (Å²) in [6, 6.07) is 5.59. The molecule has 3 rings (SSSR count). The quantitative estimate of drug-likeness (QED) is 0.705. The van der Waals surface area contributed by atoms with Crippen molar-refractivity contribution in [1.29, 1.82) is 5.26 Å². The Kier molecular flexibility index (Phi) is 6.66. The van der Waals surface area contributed by atoms with E-state index < -0.39 is 12.1 Å². The van der Waals surface area contributed by atoms with Crippen molar-refractivity contribution in [2.24, 2.45) is 0 Å². The summed E-state index contributed by atoms with van der Waals surface area (Å²) in [5.74, 6) is -1.47. The lowest BCUT2D eigenvalue weighted by molar-refractivity contribution is -0.159. The van der Waals surface area contributed by atoms with E-state index in [0.717, 1.165) is 5.69 Å². The van der Waals surface area contributed by atoms with Crippen LogP contribution in [0.1, 0.15) is 42.7 Å². The molecule has 8 nitrogen and oxygen atoms in total. The molecule has 0 aliphatic carbocycles. The minimum atomic E-state index is -4.66. The van der Waals surface area contributed by atoms with Crippen molar-refractivity contribution in [3.63, 3.8) is 0 Å². The van der Waals surface area contributed by atoms with Gasteiger partial charge in [-0.1, -0.05) is 5.16 Å². The molecule has 0 bridgehead atoms. The van der Waals surface area contributed by atoms with Gasteiger partial charge in [-0.2, -0.15) is 23.4 Å². The molecule has 1 unspecified atom stereocenters. The van der Waals surface area contributed by atoms with Crippen LogP contribution >= 0.6 is 0 Å². The van der Waals surface area contributed by atoms with Crippen molar-refractivity contribution in [1.82, 2.24) is 24.9 Å². The Morgan fingerprint density at radius 3 is 2.77 bits per heavy atom. The highest BCUT2D eigenvalue weighted by Gasteiger charge is 2.38. The minimum absolute atomic E-state index is 0.00615. The molecule has 1 saturated heterocycles. The molecular weight excluding hydrogens is 401 g/mol. The lowest BCUT2D eigenvalue weighted by atomic mass is 10.1. The van der Waals surface area contributed by atoms with Gasteiger partial charge in [0.05, 0.1) is 11.3 Å². The van der Waals surface area contributed by atoms with Crippen LogP contribution in [-0.2, 0) is 23.9 Å². The molecule has 3 heterocycles. The molecule has 2 aromatic heterocycles. The molecule has 160 valence electrons. The van der Waals surface area contributed by atoms with Gasteiger partial charge in [-0.15, -0.1) is 0 Å². The zero-order chi connectivity index (χ0) is 21.7. The van der Waals surface area contributed by atoms with Crippen molar-refractivity contribution in [3.05, 3.63) is 41.3 Å². The Balaban J connectivity index is 1.44. The predicted octanol–water partition coefficient (Wildman–Crippen LogP) is 2.41. The molecule has 0 radical (unpaired) electrons. The van der Waals surface area contributed by atoms with E-state index >= 15 is 0 Å². The van der Waals surface area contributed by atoms with Gasteiger partial charge < -0.3 is 9.42 Å². The number of alkyl halides is 3. The molecule has 30 heavy (non-hydrogen) atoms. The number of rotatable bonds is 6. The summed E-state index contributed by atoms with van der Waals surface area (Å²) in [7, 11) is 0. The van der Waals surface area contributed by atoms with Gasteiger partial charge >= 0.3 is 12.1 Å². The van der Waals surface area contributed by atoms with Gasteiger partial charge in [0.25, 0.3) is 0 Å². The zero-order valence-electron chi connectivity index (χ0n) is 16.4. The number of aryl methyl sites for hydroxylation is 1. The van der Waals surface area contributed by atoms with Crippen LogP contribution in [0.3, 0.4) is 0 Å². The summed E-state index contributed by atoms with van der Waals surface area (Å²) in [5.41, 5.74) is 1.37. The third-order valence-electron chi connectivity index (χ3n) is 4.87. The Morgan fingerprint density at radius 1 is 1.37 bits per heavy atom. The molecular formula is C19H21F3N6O2. The number of hydrogen-bond donors (Lipinski definition) is 0. The third kappa shape index (κ3) is 5.54. The Hall–Kier alpha value is -3.00. The lowest BCUT2D eigenvalue weighted by Crippen LogP contribution is -2.53. The number of nitriles is 1. The van der Waals surface area contributed by atoms with Crippen molar-refractivity contribution >= 4 is 5.91 Å². The summed E-state index contributed by atoms with van der Waals surface area (Å²) < 4.78 is 41.6. The lowest BCUT2D eigenvalue weighted by Gasteiger charge is -2.39. The zero-order valence-corrected chi connectivity index (χ0v) is 16.4. The number of pyridine rings is 1. The van der Waals surface area contributed by atoms with Crippen LogP contribution in [0.5, 0.6) is 0 Å². The number of nitrogens with zero attached hydrogens (tertiary/aromatic N) is 6. The summed E-state index contributed by atoms with van der Waals surface area (Å²) in [6.07, 6.45) is -2.43. The number of carbonyl (C=O) groups is 1. The van der Waals surface area contributed by atoms with Crippen molar-refractivity contribution in [2.45, 2.75) is 44.9 Å². The van der Waals surface area contributed by atoms with Gasteiger partial charge in [0, 0.05) is 51.3 Å². The maximum Gasteiger partial charge on any atom is 0.471 e. The summed E-state index contributed by atoms with van der Waals surface area (Å²) >= 11 is 0. The van der Waals surface area contributed by atoms with Crippen LogP contribution in [0.2, 0.25) is 0 Å². The van der Waals surface area contributed by atoms with E-state index in [2.05, 4.69) is 24.5 Å². The summed E-state index contributed by atoms with van der Waals surface area (Å²) in [4.78, 5) is 24.1. The highest BCUT2D eigenvalue weighted by molar-refractivity contribution is 5.76. The molecule has 1 atom stereocenters. The van der Waals surface area contributed by atoms with Crippen molar-refractivity contribution in [3.8, 4) is 6.07 Å². The van der Waals surface area contributed by atoms with Crippen LogP contribution in [0.4, 0.5) is 13.2 Å². The topological polar surface area (TPSA) is 99.2 Å². The fourth-order valence-electron chi connectivity index (χ4n) is 3.37. The predicted molar refractivity (Wildman–Crippen MR) is 97.6 cm³/mol. The van der Waals surface area contributed by atoms with Gasteiger partial charge in [0.1, 0.15) is 6.07 Å². The largest absolute Gasteiger partial charge is 0.471 e. The summed E-state index contributed by atoms with van der Waals surface area (Å²) in [6.45, 7) is 4.55. The second-order valence-electron chi connectivity index (χ2n) is 7.19. The molecule has 2 aromatic rings. The van der Waals surface area contributed by atoms with Crippen LogP contribution in [0, 0.1) is 11.3 Å². The van der Waals surface area contributed by atoms with E-state index in [1.165, 1.54) is 0 Å². The summed E-state index contributed by atoms with van der Waals surface area (Å²) in [5, 5.41) is 12.1. The minimum Gasteiger partial charge on any atom is -0.337 e. The van der Waals surface area contributed by atoms with Gasteiger partial charge in [-0.3, -0.25) is 14.7 Å². The fraction of sp³-hybridized carbons (Fsp3) is 0.526. The van der Waals surface area contributed by atoms with Crippen molar-refractivity contribution in [2.75, 3.05) is 19.6 Å². The number of piperazine rings is 1. The van der Waals surface area contributed by atoms with Gasteiger partial charge in [0.2, 0.25) is 5.91 Å². The van der Waals surface area contributed by atoms with Crippen molar-refractivity contribution < 1.29 is 22.5 Å². The van der Waals surface area contributed by atoms with Gasteiger partial charge in [-0.05, 0) is 25.5 Å². The number of aromatic nitrogens is 3. The van der Waals surface area contributed by atoms with E-state index in [-0.39, 0.29) is 30.6 Å². The van der Waals surface area contributed by atoms with E-state index in [0.29, 0.717) is 38.2 Å². The van der Waals surface area contributed by atoms with Gasteiger partial charge in [0.15, 0.2) is 5.82 Å². The highest BCUT2D eigenvalue weighted by atomic mass is 19.4. The van der Waals surface area contributed by atoms with Crippen LogP contribution in [0.15, 0.2) is 22.9 Å². The van der Waals surface area contributed by atoms with E-state index in [9.17, 15) is 18.0 Å². The number of carbonyl (C=O) groups excluding carboxylic acids is 1. The molecule has 0 spiro atoms. The molecule has 0 aromatic carbocycles. The monoisotopic (exact) mass is 422 g/mol. The molecule has 0 saturated carbocycles. The SMILES string of the molecule is CC1CN(Cc2ccc(C#N)cn2)CCN1C(=O)CCCc1noc(C(F)(F)F)n1. The molecule has 1 aliphatic rings. The number of hydrogen-bond acceptors (Lipinski definition) is 7. The molecule has 1 fully saturated rings. The van der Waals surface area contributed by atoms with Gasteiger partial charge in [-0.25, -0.2) is 0 Å². The van der Waals surface area contributed by atoms with E-state index in [4.69, 9.17) is 5.26 Å². The molecule has 11 heteroatoms. The fourth-order valence-corrected chi connectivity index (χ4v) is 3.37. The average Bonchev–Trinajstić information content (AvgIpc) is 3.18.